The Bertz CT molecular complexity index is 1060. The Kier molecular flexibility index (Phi) is 4.39. The van der Waals surface area contributed by atoms with Crippen molar-refractivity contribution in [1.29, 1.82) is 0 Å². The summed E-state index contributed by atoms with van der Waals surface area (Å²) in [5, 5.41) is 19.3. The van der Waals surface area contributed by atoms with Gasteiger partial charge < -0.3 is 10.2 Å². The number of rotatable bonds is 3. The second kappa shape index (κ2) is 7.00. The lowest BCUT2D eigenvalue weighted by Crippen LogP contribution is -1.93. The Morgan fingerprint density at radius 3 is 1.56 bits per heavy atom. The molecule has 0 atom stereocenters. The summed E-state index contributed by atoms with van der Waals surface area (Å²) in [6, 6.07) is 29.2. The molecule has 0 aromatic heterocycles. The number of phenols is 2. The molecule has 27 heavy (non-hydrogen) atoms. The molecular weight excluding hydrogens is 332 g/mol. The first-order valence-electron chi connectivity index (χ1n) is 8.91. The third kappa shape index (κ3) is 3.30. The van der Waals surface area contributed by atoms with Crippen LogP contribution in [0.4, 0.5) is 0 Å². The standard InChI is InChI=1S/C25H20O2/c1-17-23(18-5-3-2-4-6-18)15-16-24(19-7-11-21(26)12-8-19)25(17)20-9-13-22(27)14-10-20/h2-16,26-27H,1H3. The molecule has 2 N–H and O–H groups in total. The van der Waals surface area contributed by atoms with Crippen molar-refractivity contribution in [2.24, 2.45) is 0 Å². The maximum absolute atomic E-state index is 9.69. The number of hydrogen-bond donors (Lipinski definition) is 2. The van der Waals surface area contributed by atoms with E-state index in [0.717, 1.165) is 22.3 Å². The van der Waals surface area contributed by atoms with E-state index in [1.54, 1.807) is 24.3 Å². The van der Waals surface area contributed by atoms with E-state index in [9.17, 15) is 10.2 Å². The highest BCUT2D eigenvalue weighted by Crippen LogP contribution is 2.40. The maximum Gasteiger partial charge on any atom is 0.115 e. The molecule has 2 heteroatoms. The van der Waals surface area contributed by atoms with E-state index >= 15 is 0 Å². The Balaban J connectivity index is 1.98. The highest BCUT2D eigenvalue weighted by atomic mass is 16.3. The van der Waals surface area contributed by atoms with Crippen molar-refractivity contribution in [2.75, 3.05) is 0 Å². The summed E-state index contributed by atoms with van der Waals surface area (Å²) < 4.78 is 0. The largest absolute Gasteiger partial charge is 0.508 e. The minimum Gasteiger partial charge on any atom is -0.508 e. The summed E-state index contributed by atoms with van der Waals surface area (Å²) >= 11 is 0. The van der Waals surface area contributed by atoms with E-state index in [4.69, 9.17) is 0 Å². The monoisotopic (exact) mass is 352 g/mol. The topological polar surface area (TPSA) is 40.5 Å². The fraction of sp³-hybridized carbons (Fsp3) is 0.0400. The van der Waals surface area contributed by atoms with E-state index < -0.39 is 0 Å². The van der Waals surface area contributed by atoms with Crippen LogP contribution in [0.15, 0.2) is 91.0 Å². The minimum atomic E-state index is 0.252. The number of aromatic hydroxyl groups is 2. The van der Waals surface area contributed by atoms with Crippen LogP contribution in [0.1, 0.15) is 5.56 Å². The van der Waals surface area contributed by atoms with Crippen molar-refractivity contribution in [3.8, 4) is 44.9 Å². The molecule has 0 unspecified atom stereocenters. The van der Waals surface area contributed by atoms with Crippen LogP contribution in [-0.4, -0.2) is 10.2 Å². The first-order chi connectivity index (χ1) is 13.1. The average Bonchev–Trinajstić information content (AvgIpc) is 2.70. The Labute approximate surface area is 159 Å². The smallest absolute Gasteiger partial charge is 0.115 e. The molecule has 0 saturated heterocycles. The summed E-state index contributed by atoms with van der Waals surface area (Å²) in [6.45, 7) is 2.13. The Morgan fingerprint density at radius 1 is 0.481 bits per heavy atom. The van der Waals surface area contributed by atoms with Gasteiger partial charge in [-0.1, -0.05) is 66.7 Å². The molecule has 0 aliphatic heterocycles. The van der Waals surface area contributed by atoms with Gasteiger partial charge in [-0.05, 0) is 70.1 Å². The zero-order chi connectivity index (χ0) is 18.8. The summed E-state index contributed by atoms with van der Waals surface area (Å²) in [4.78, 5) is 0. The average molecular weight is 352 g/mol. The fourth-order valence-electron chi connectivity index (χ4n) is 3.52. The molecule has 0 aliphatic carbocycles. The first kappa shape index (κ1) is 16.9. The van der Waals surface area contributed by atoms with Crippen LogP contribution < -0.4 is 0 Å². The molecule has 0 amide bonds. The normalized spacial score (nSPS) is 10.7. The Hall–Kier alpha value is -3.52. The van der Waals surface area contributed by atoms with Crippen molar-refractivity contribution >= 4 is 0 Å². The van der Waals surface area contributed by atoms with Gasteiger partial charge in [-0.3, -0.25) is 0 Å². The summed E-state index contributed by atoms with van der Waals surface area (Å²) in [5.41, 5.74) is 7.84. The van der Waals surface area contributed by atoms with Gasteiger partial charge >= 0.3 is 0 Å². The van der Waals surface area contributed by atoms with E-state index in [0.29, 0.717) is 0 Å². The second-order valence-electron chi connectivity index (χ2n) is 6.62. The van der Waals surface area contributed by atoms with Gasteiger partial charge in [-0.25, -0.2) is 0 Å². The molecule has 4 aromatic carbocycles. The summed E-state index contributed by atoms with van der Waals surface area (Å²) in [6.07, 6.45) is 0. The SMILES string of the molecule is Cc1c(-c2ccccc2)ccc(-c2ccc(O)cc2)c1-c1ccc(O)cc1. The molecule has 0 aliphatic rings. The zero-order valence-electron chi connectivity index (χ0n) is 15.1. The van der Waals surface area contributed by atoms with Gasteiger partial charge in [0.2, 0.25) is 0 Å². The molecule has 2 nitrogen and oxygen atoms in total. The summed E-state index contributed by atoms with van der Waals surface area (Å²) in [7, 11) is 0. The molecule has 0 spiro atoms. The number of hydrogen-bond acceptors (Lipinski definition) is 2. The van der Waals surface area contributed by atoms with Gasteiger partial charge in [-0.2, -0.15) is 0 Å². The van der Waals surface area contributed by atoms with E-state index in [1.165, 1.54) is 16.7 Å². The molecule has 0 bridgehead atoms. The molecule has 0 radical (unpaired) electrons. The van der Waals surface area contributed by atoms with E-state index in [1.807, 2.05) is 42.5 Å². The molecule has 0 fully saturated rings. The second-order valence-corrected chi connectivity index (χ2v) is 6.62. The van der Waals surface area contributed by atoms with Crippen LogP contribution in [0.5, 0.6) is 11.5 Å². The first-order valence-corrected chi connectivity index (χ1v) is 8.91. The lowest BCUT2D eigenvalue weighted by Gasteiger charge is -2.18. The van der Waals surface area contributed by atoms with Crippen molar-refractivity contribution in [1.82, 2.24) is 0 Å². The molecule has 0 heterocycles. The third-order valence-corrected chi connectivity index (χ3v) is 4.88. The van der Waals surface area contributed by atoms with Crippen molar-refractivity contribution in [3.05, 3.63) is 96.6 Å². The lowest BCUT2D eigenvalue weighted by molar-refractivity contribution is 0.475. The summed E-state index contributed by atoms with van der Waals surface area (Å²) in [5.74, 6) is 0.504. The van der Waals surface area contributed by atoms with Gasteiger partial charge in [0.15, 0.2) is 0 Å². The molecule has 4 aromatic rings. The van der Waals surface area contributed by atoms with Gasteiger partial charge in [0, 0.05) is 0 Å². The molecule has 0 saturated carbocycles. The van der Waals surface area contributed by atoms with Crippen molar-refractivity contribution in [2.45, 2.75) is 6.92 Å². The third-order valence-electron chi connectivity index (χ3n) is 4.88. The lowest BCUT2D eigenvalue weighted by atomic mass is 9.86. The van der Waals surface area contributed by atoms with E-state index in [2.05, 4.69) is 31.2 Å². The van der Waals surface area contributed by atoms with E-state index in [-0.39, 0.29) is 11.5 Å². The van der Waals surface area contributed by atoms with Gasteiger partial charge in [0.25, 0.3) is 0 Å². The highest BCUT2D eigenvalue weighted by molar-refractivity contribution is 5.90. The van der Waals surface area contributed by atoms with Crippen molar-refractivity contribution < 1.29 is 10.2 Å². The van der Waals surface area contributed by atoms with Crippen molar-refractivity contribution in [3.63, 3.8) is 0 Å². The quantitative estimate of drug-likeness (QED) is 0.447. The van der Waals surface area contributed by atoms with Gasteiger partial charge in [0.1, 0.15) is 11.5 Å². The maximum atomic E-state index is 9.69. The molecule has 4 rings (SSSR count). The molecule has 132 valence electrons. The van der Waals surface area contributed by atoms with Crippen LogP contribution in [0.3, 0.4) is 0 Å². The zero-order valence-corrected chi connectivity index (χ0v) is 15.1. The number of benzene rings is 4. The van der Waals surface area contributed by atoms with Crippen LogP contribution in [0.2, 0.25) is 0 Å². The predicted octanol–water partition coefficient (Wildman–Crippen LogP) is 6.41. The van der Waals surface area contributed by atoms with Gasteiger partial charge in [0.05, 0.1) is 0 Å². The minimum absolute atomic E-state index is 0.252. The van der Waals surface area contributed by atoms with Crippen LogP contribution in [0.25, 0.3) is 33.4 Å². The Morgan fingerprint density at radius 2 is 0.963 bits per heavy atom. The van der Waals surface area contributed by atoms with Crippen LogP contribution in [-0.2, 0) is 0 Å². The highest BCUT2D eigenvalue weighted by Gasteiger charge is 2.14. The van der Waals surface area contributed by atoms with Crippen LogP contribution in [0, 0.1) is 6.92 Å². The van der Waals surface area contributed by atoms with Crippen LogP contribution >= 0.6 is 0 Å². The van der Waals surface area contributed by atoms with Gasteiger partial charge in [-0.15, -0.1) is 0 Å². The fourth-order valence-corrected chi connectivity index (χ4v) is 3.52. The number of phenolic OH excluding ortho intramolecular Hbond substituents is 2. The predicted molar refractivity (Wildman–Crippen MR) is 111 cm³/mol. The molecular formula is C25H20O2.